The fourth-order valence-electron chi connectivity index (χ4n) is 1.63. The van der Waals surface area contributed by atoms with Crippen LogP contribution in [0.15, 0.2) is 36.4 Å². The lowest BCUT2D eigenvalue weighted by atomic mass is 10.1. The van der Waals surface area contributed by atoms with Gasteiger partial charge in [0.2, 0.25) is 5.91 Å². The van der Waals surface area contributed by atoms with E-state index >= 15 is 0 Å². The largest absolute Gasteiger partial charge is 0.326 e. The maximum Gasteiger partial charge on any atom is 0.221 e. The Morgan fingerprint density at radius 1 is 1.11 bits per heavy atom. The molecule has 1 amide bonds. The quantitative estimate of drug-likeness (QED) is 0.845. The molecule has 1 heterocycles. The van der Waals surface area contributed by atoms with Gasteiger partial charge in [-0.25, -0.2) is 4.98 Å². The van der Waals surface area contributed by atoms with E-state index in [9.17, 15) is 4.79 Å². The van der Waals surface area contributed by atoms with E-state index in [1.54, 1.807) is 12.1 Å². The van der Waals surface area contributed by atoms with E-state index in [-0.39, 0.29) is 5.91 Å². The van der Waals surface area contributed by atoms with Crippen LogP contribution in [0.4, 0.5) is 5.69 Å². The Morgan fingerprint density at radius 3 is 2.50 bits per heavy atom. The van der Waals surface area contributed by atoms with Crippen LogP contribution in [0.2, 0.25) is 10.3 Å². The lowest BCUT2D eigenvalue weighted by Crippen LogP contribution is -2.06. The third-order valence-electron chi connectivity index (χ3n) is 2.34. The molecule has 0 fully saturated rings. The summed E-state index contributed by atoms with van der Waals surface area (Å²) in [4.78, 5) is 15.1. The smallest absolute Gasteiger partial charge is 0.221 e. The van der Waals surface area contributed by atoms with Crippen LogP contribution >= 0.6 is 23.2 Å². The number of aromatic nitrogens is 1. The molecule has 0 aliphatic heterocycles. The van der Waals surface area contributed by atoms with Gasteiger partial charge in [-0.15, -0.1) is 0 Å². The van der Waals surface area contributed by atoms with E-state index in [2.05, 4.69) is 10.3 Å². The summed E-state index contributed by atoms with van der Waals surface area (Å²) < 4.78 is 0. The zero-order valence-electron chi connectivity index (χ0n) is 9.58. The maximum atomic E-state index is 11.2. The first-order valence-corrected chi connectivity index (χ1v) is 6.02. The molecule has 0 bridgehead atoms. The number of amides is 1. The van der Waals surface area contributed by atoms with Crippen LogP contribution in [0.3, 0.4) is 0 Å². The van der Waals surface area contributed by atoms with Crippen molar-refractivity contribution in [1.82, 2.24) is 4.98 Å². The van der Waals surface area contributed by atoms with E-state index < -0.39 is 0 Å². The fraction of sp³-hybridized carbons (Fsp3) is 0.0769. The van der Waals surface area contributed by atoms with Gasteiger partial charge in [0, 0.05) is 23.7 Å². The first kappa shape index (κ1) is 12.9. The summed E-state index contributed by atoms with van der Waals surface area (Å²) in [6, 6.07) is 10.8. The number of nitrogens with zero attached hydrogens (tertiary/aromatic N) is 1. The molecule has 1 N–H and O–H groups in total. The lowest BCUT2D eigenvalue weighted by Gasteiger charge is -2.10. The Bertz CT molecular complexity index is 599. The van der Waals surface area contributed by atoms with Gasteiger partial charge in [0.1, 0.15) is 10.3 Å². The van der Waals surface area contributed by atoms with E-state index in [0.717, 1.165) is 11.1 Å². The van der Waals surface area contributed by atoms with Gasteiger partial charge in [0.05, 0.1) is 0 Å². The molecule has 0 saturated carbocycles. The molecule has 0 saturated heterocycles. The van der Waals surface area contributed by atoms with Gasteiger partial charge < -0.3 is 5.32 Å². The fourth-order valence-corrected chi connectivity index (χ4v) is 2.08. The number of hydrogen-bond donors (Lipinski definition) is 1. The molecule has 18 heavy (non-hydrogen) atoms. The second-order valence-corrected chi connectivity index (χ2v) is 4.44. The van der Waals surface area contributed by atoms with Crippen LogP contribution < -0.4 is 5.32 Å². The second-order valence-electron chi connectivity index (χ2n) is 3.70. The number of anilines is 1. The van der Waals surface area contributed by atoms with Crippen molar-refractivity contribution >= 4 is 34.8 Å². The molecular formula is C13H10Cl2N2O. The zero-order chi connectivity index (χ0) is 13.1. The summed E-state index contributed by atoms with van der Waals surface area (Å²) in [5, 5.41) is 3.40. The first-order chi connectivity index (χ1) is 8.58. The molecule has 92 valence electrons. The molecule has 0 aliphatic rings. The number of rotatable bonds is 2. The molecule has 3 nitrogen and oxygen atoms in total. The van der Waals surface area contributed by atoms with E-state index in [1.165, 1.54) is 6.92 Å². The third kappa shape index (κ3) is 2.81. The third-order valence-corrected chi connectivity index (χ3v) is 2.84. The number of para-hydroxylation sites is 1. The number of nitrogens with one attached hydrogen (secondary N) is 1. The van der Waals surface area contributed by atoms with Crippen LogP contribution in [0.1, 0.15) is 6.92 Å². The van der Waals surface area contributed by atoms with Crippen molar-refractivity contribution in [3.8, 4) is 11.1 Å². The molecule has 0 spiro atoms. The van der Waals surface area contributed by atoms with E-state index in [4.69, 9.17) is 23.2 Å². The number of pyridine rings is 1. The average molecular weight is 281 g/mol. The highest BCUT2D eigenvalue weighted by Crippen LogP contribution is 2.33. The van der Waals surface area contributed by atoms with Crippen molar-refractivity contribution in [3.05, 3.63) is 46.7 Å². The number of benzene rings is 1. The molecule has 0 atom stereocenters. The Hall–Kier alpha value is -1.58. The van der Waals surface area contributed by atoms with Crippen molar-refractivity contribution in [2.24, 2.45) is 0 Å². The Kier molecular flexibility index (Phi) is 3.84. The SMILES string of the molecule is CC(=O)Nc1ccccc1-c1ccc(Cl)nc1Cl. The van der Waals surface area contributed by atoms with E-state index in [1.807, 2.05) is 24.3 Å². The minimum absolute atomic E-state index is 0.138. The topological polar surface area (TPSA) is 42.0 Å². The summed E-state index contributed by atoms with van der Waals surface area (Å²) in [5.74, 6) is -0.138. The Labute approximate surface area is 115 Å². The highest BCUT2D eigenvalue weighted by Gasteiger charge is 2.10. The molecule has 0 unspecified atom stereocenters. The predicted molar refractivity (Wildman–Crippen MR) is 74.0 cm³/mol. The van der Waals surface area contributed by atoms with Crippen LogP contribution in [0.5, 0.6) is 0 Å². The molecule has 1 aromatic heterocycles. The van der Waals surface area contributed by atoms with Gasteiger partial charge in [-0.2, -0.15) is 0 Å². The van der Waals surface area contributed by atoms with Gasteiger partial charge in [0.25, 0.3) is 0 Å². The van der Waals surface area contributed by atoms with Crippen LogP contribution in [-0.4, -0.2) is 10.9 Å². The molecule has 0 aliphatic carbocycles. The highest BCUT2D eigenvalue weighted by atomic mass is 35.5. The minimum Gasteiger partial charge on any atom is -0.326 e. The molecule has 2 rings (SSSR count). The number of carbonyl (C=O) groups is 1. The van der Waals surface area contributed by atoms with Gasteiger partial charge >= 0.3 is 0 Å². The van der Waals surface area contributed by atoms with Crippen LogP contribution in [0.25, 0.3) is 11.1 Å². The summed E-state index contributed by atoms with van der Waals surface area (Å²) in [7, 11) is 0. The summed E-state index contributed by atoms with van der Waals surface area (Å²) in [6.07, 6.45) is 0. The molecule has 1 aromatic carbocycles. The molecule has 5 heteroatoms. The van der Waals surface area contributed by atoms with Gasteiger partial charge in [-0.3, -0.25) is 4.79 Å². The van der Waals surface area contributed by atoms with Crippen molar-refractivity contribution in [1.29, 1.82) is 0 Å². The molecule has 2 aromatic rings. The zero-order valence-corrected chi connectivity index (χ0v) is 11.1. The number of halogens is 2. The monoisotopic (exact) mass is 280 g/mol. The van der Waals surface area contributed by atoms with Crippen LogP contribution in [-0.2, 0) is 4.79 Å². The molecular weight excluding hydrogens is 271 g/mol. The van der Waals surface area contributed by atoms with Crippen molar-refractivity contribution in [3.63, 3.8) is 0 Å². The number of carbonyl (C=O) groups excluding carboxylic acids is 1. The van der Waals surface area contributed by atoms with E-state index in [0.29, 0.717) is 16.0 Å². The van der Waals surface area contributed by atoms with Crippen LogP contribution in [0, 0.1) is 0 Å². The van der Waals surface area contributed by atoms with Gasteiger partial charge in [0.15, 0.2) is 0 Å². The average Bonchev–Trinajstić information content (AvgIpc) is 2.30. The standard InChI is InChI=1S/C13H10Cl2N2O/c1-8(18)16-11-5-3-2-4-9(11)10-6-7-12(14)17-13(10)15/h2-7H,1H3,(H,16,18). The first-order valence-electron chi connectivity index (χ1n) is 5.27. The lowest BCUT2D eigenvalue weighted by molar-refractivity contribution is -0.114. The summed E-state index contributed by atoms with van der Waals surface area (Å²) >= 11 is 11.8. The predicted octanol–water partition coefficient (Wildman–Crippen LogP) is 4.01. The Morgan fingerprint density at radius 2 is 1.83 bits per heavy atom. The van der Waals surface area contributed by atoms with Gasteiger partial charge in [-0.1, -0.05) is 41.4 Å². The van der Waals surface area contributed by atoms with Crippen molar-refractivity contribution in [2.75, 3.05) is 5.32 Å². The van der Waals surface area contributed by atoms with Gasteiger partial charge in [-0.05, 0) is 18.2 Å². The number of hydrogen-bond acceptors (Lipinski definition) is 2. The second kappa shape index (κ2) is 5.38. The van der Waals surface area contributed by atoms with Crippen molar-refractivity contribution < 1.29 is 4.79 Å². The summed E-state index contributed by atoms with van der Waals surface area (Å²) in [6.45, 7) is 1.46. The maximum absolute atomic E-state index is 11.2. The Balaban J connectivity index is 2.53. The normalized spacial score (nSPS) is 10.2. The molecule has 0 radical (unpaired) electrons. The minimum atomic E-state index is -0.138. The highest BCUT2D eigenvalue weighted by molar-refractivity contribution is 6.34. The van der Waals surface area contributed by atoms with Crippen molar-refractivity contribution in [2.45, 2.75) is 6.92 Å². The summed E-state index contributed by atoms with van der Waals surface area (Å²) in [5.41, 5.74) is 2.23.